The number of amides is 1. The minimum Gasteiger partial charge on any atom is -0.449 e. The summed E-state index contributed by atoms with van der Waals surface area (Å²) in [6, 6.07) is 11.8. The quantitative estimate of drug-likeness (QED) is 0.652. The van der Waals surface area contributed by atoms with Crippen LogP contribution in [-0.4, -0.2) is 39.2 Å². The van der Waals surface area contributed by atoms with E-state index in [1.54, 1.807) is 12.1 Å². The first-order valence-electron chi connectivity index (χ1n) is 8.45. The van der Waals surface area contributed by atoms with E-state index in [9.17, 15) is 22.4 Å². The van der Waals surface area contributed by atoms with E-state index in [4.69, 9.17) is 4.74 Å². The maximum absolute atomic E-state index is 13.1. The predicted octanol–water partition coefficient (Wildman–Crippen LogP) is 2.10. The maximum Gasteiger partial charge on any atom is 0.338 e. The normalized spacial score (nSPS) is 12.2. The summed E-state index contributed by atoms with van der Waals surface area (Å²) in [5.41, 5.74) is 1.36. The molecule has 2 aromatic rings. The first kappa shape index (κ1) is 21.5. The van der Waals surface area contributed by atoms with Gasteiger partial charge in [0, 0.05) is 12.2 Å². The fourth-order valence-electron chi connectivity index (χ4n) is 2.28. The third-order valence-corrected chi connectivity index (χ3v) is 4.44. The van der Waals surface area contributed by atoms with Crippen LogP contribution in [0.15, 0.2) is 48.5 Å². The number of sulfonamides is 1. The van der Waals surface area contributed by atoms with Crippen LogP contribution in [-0.2, 0) is 26.0 Å². The Kier molecular flexibility index (Phi) is 7.24. The van der Waals surface area contributed by atoms with Gasteiger partial charge in [0.25, 0.3) is 5.91 Å². The van der Waals surface area contributed by atoms with Gasteiger partial charge in [-0.1, -0.05) is 18.2 Å². The molecule has 1 amide bonds. The van der Waals surface area contributed by atoms with Crippen LogP contribution in [0.2, 0.25) is 0 Å². The van der Waals surface area contributed by atoms with E-state index >= 15 is 0 Å². The average molecular weight is 408 g/mol. The summed E-state index contributed by atoms with van der Waals surface area (Å²) in [4.78, 5) is 24.2. The molecule has 0 aliphatic heterocycles. The summed E-state index contributed by atoms with van der Waals surface area (Å²) in [6.45, 7) is 1.66. The molecule has 0 saturated carbocycles. The predicted molar refractivity (Wildman–Crippen MR) is 103 cm³/mol. The van der Waals surface area contributed by atoms with Crippen molar-refractivity contribution in [3.63, 3.8) is 0 Å². The van der Waals surface area contributed by atoms with Crippen LogP contribution in [0.3, 0.4) is 0 Å². The third-order valence-electron chi connectivity index (χ3n) is 3.71. The van der Waals surface area contributed by atoms with E-state index in [1.807, 2.05) is 0 Å². The Balaban J connectivity index is 1.88. The van der Waals surface area contributed by atoms with Gasteiger partial charge in [-0.2, -0.15) is 0 Å². The summed E-state index contributed by atoms with van der Waals surface area (Å²) < 4.78 is 42.7. The molecule has 0 spiro atoms. The monoisotopic (exact) mass is 408 g/mol. The van der Waals surface area contributed by atoms with E-state index in [-0.39, 0.29) is 17.8 Å². The number of ether oxygens (including phenoxy) is 1. The Morgan fingerprint density at radius 2 is 1.82 bits per heavy atom. The van der Waals surface area contributed by atoms with Crippen LogP contribution < -0.4 is 10.0 Å². The molecule has 150 valence electrons. The van der Waals surface area contributed by atoms with Crippen molar-refractivity contribution in [3.05, 3.63) is 65.5 Å². The Hall–Kier alpha value is -2.78. The Morgan fingerprint density at radius 1 is 1.14 bits per heavy atom. The van der Waals surface area contributed by atoms with Crippen molar-refractivity contribution in [3.8, 4) is 0 Å². The molecule has 0 saturated heterocycles. The van der Waals surface area contributed by atoms with Gasteiger partial charge >= 0.3 is 5.97 Å². The fourth-order valence-corrected chi connectivity index (χ4v) is 2.75. The van der Waals surface area contributed by atoms with E-state index in [0.29, 0.717) is 6.42 Å². The highest BCUT2D eigenvalue weighted by Gasteiger charge is 2.19. The highest BCUT2D eigenvalue weighted by molar-refractivity contribution is 7.88. The highest BCUT2D eigenvalue weighted by Crippen LogP contribution is 2.12. The standard InChI is InChI=1S/C19H21FN2O5S/c1-13(18(23)22-17-5-3-4-16(20)12-17)27-19(24)15-8-6-14(7-9-15)10-11-21-28(2,25)26/h3-9,12-13,21H,10-11H2,1-2H3,(H,22,23)/t13-/m1/s1. The average Bonchev–Trinajstić information content (AvgIpc) is 2.61. The topological polar surface area (TPSA) is 102 Å². The number of hydrogen-bond donors (Lipinski definition) is 2. The van der Waals surface area contributed by atoms with Gasteiger partial charge in [0.2, 0.25) is 10.0 Å². The Morgan fingerprint density at radius 3 is 2.43 bits per heavy atom. The molecule has 0 aromatic heterocycles. The molecule has 0 aliphatic carbocycles. The van der Waals surface area contributed by atoms with Crippen molar-refractivity contribution >= 4 is 27.6 Å². The van der Waals surface area contributed by atoms with Gasteiger partial charge in [0.05, 0.1) is 11.8 Å². The van der Waals surface area contributed by atoms with Crippen LogP contribution in [0, 0.1) is 5.82 Å². The zero-order valence-electron chi connectivity index (χ0n) is 15.4. The second-order valence-corrected chi connectivity index (χ2v) is 7.99. The number of anilines is 1. The molecule has 9 heteroatoms. The number of rotatable bonds is 8. The van der Waals surface area contributed by atoms with E-state index in [1.165, 1.54) is 37.3 Å². The van der Waals surface area contributed by atoms with Gasteiger partial charge in [0.15, 0.2) is 6.10 Å². The van der Waals surface area contributed by atoms with E-state index < -0.39 is 33.8 Å². The molecular formula is C19H21FN2O5S. The molecule has 28 heavy (non-hydrogen) atoms. The van der Waals surface area contributed by atoms with Crippen LogP contribution in [0.4, 0.5) is 10.1 Å². The van der Waals surface area contributed by atoms with Crippen LogP contribution in [0.25, 0.3) is 0 Å². The van der Waals surface area contributed by atoms with Gasteiger partial charge in [-0.25, -0.2) is 22.3 Å². The first-order chi connectivity index (χ1) is 13.1. The highest BCUT2D eigenvalue weighted by atomic mass is 32.2. The van der Waals surface area contributed by atoms with E-state index in [2.05, 4.69) is 10.0 Å². The summed E-state index contributed by atoms with van der Waals surface area (Å²) in [6.07, 6.45) is 0.474. The largest absolute Gasteiger partial charge is 0.449 e. The second-order valence-electron chi connectivity index (χ2n) is 6.16. The van der Waals surface area contributed by atoms with Gasteiger partial charge < -0.3 is 10.1 Å². The molecular weight excluding hydrogens is 387 g/mol. The number of hydrogen-bond acceptors (Lipinski definition) is 5. The molecule has 0 aliphatic rings. The number of benzene rings is 2. The van der Waals surface area contributed by atoms with Crippen molar-refractivity contribution in [2.75, 3.05) is 18.1 Å². The lowest BCUT2D eigenvalue weighted by Gasteiger charge is -2.14. The van der Waals surface area contributed by atoms with Crippen molar-refractivity contribution in [2.45, 2.75) is 19.4 Å². The molecule has 0 unspecified atom stereocenters. The Labute approximate surface area is 163 Å². The lowest BCUT2D eigenvalue weighted by atomic mass is 10.1. The van der Waals surface area contributed by atoms with Crippen LogP contribution >= 0.6 is 0 Å². The minimum atomic E-state index is -3.25. The summed E-state index contributed by atoms with van der Waals surface area (Å²) in [5, 5.41) is 2.47. The smallest absolute Gasteiger partial charge is 0.338 e. The molecule has 2 aromatic carbocycles. The molecule has 1 atom stereocenters. The fraction of sp³-hybridized carbons (Fsp3) is 0.263. The zero-order valence-corrected chi connectivity index (χ0v) is 16.3. The number of esters is 1. The molecule has 0 fully saturated rings. The van der Waals surface area contributed by atoms with Gasteiger partial charge in [0.1, 0.15) is 5.82 Å². The van der Waals surface area contributed by atoms with Crippen molar-refractivity contribution < 1.29 is 27.1 Å². The minimum absolute atomic E-state index is 0.250. The molecule has 2 rings (SSSR count). The summed E-state index contributed by atoms with van der Waals surface area (Å²) in [7, 11) is -3.25. The van der Waals surface area contributed by atoms with Gasteiger partial charge in [-0.3, -0.25) is 4.79 Å². The number of nitrogens with one attached hydrogen (secondary N) is 2. The first-order valence-corrected chi connectivity index (χ1v) is 10.3. The van der Waals surface area contributed by atoms with Gasteiger partial charge in [-0.05, 0) is 49.2 Å². The molecule has 0 radical (unpaired) electrons. The summed E-state index contributed by atoms with van der Waals surface area (Å²) in [5.74, 6) is -1.75. The lowest BCUT2D eigenvalue weighted by Crippen LogP contribution is -2.30. The van der Waals surface area contributed by atoms with Crippen molar-refractivity contribution in [1.29, 1.82) is 0 Å². The van der Waals surface area contributed by atoms with Crippen molar-refractivity contribution in [2.24, 2.45) is 0 Å². The number of carbonyl (C=O) groups excluding carboxylic acids is 2. The van der Waals surface area contributed by atoms with E-state index in [0.717, 1.165) is 17.9 Å². The third kappa shape index (κ3) is 7.09. The maximum atomic E-state index is 13.1. The lowest BCUT2D eigenvalue weighted by molar-refractivity contribution is -0.123. The van der Waals surface area contributed by atoms with Crippen LogP contribution in [0.1, 0.15) is 22.8 Å². The van der Waals surface area contributed by atoms with Gasteiger partial charge in [-0.15, -0.1) is 0 Å². The number of carbonyl (C=O) groups is 2. The summed E-state index contributed by atoms with van der Waals surface area (Å²) >= 11 is 0. The van der Waals surface area contributed by atoms with Crippen LogP contribution in [0.5, 0.6) is 0 Å². The molecule has 7 nitrogen and oxygen atoms in total. The Bertz CT molecular complexity index is 945. The molecule has 0 heterocycles. The zero-order chi connectivity index (χ0) is 20.7. The SMILES string of the molecule is C[C@@H](OC(=O)c1ccc(CCNS(C)(=O)=O)cc1)C(=O)Nc1cccc(F)c1. The second kappa shape index (κ2) is 9.43. The van der Waals surface area contributed by atoms with Crippen molar-refractivity contribution in [1.82, 2.24) is 4.72 Å². The number of halogens is 1. The molecule has 2 N–H and O–H groups in total. The molecule has 0 bridgehead atoms.